The topological polar surface area (TPSA) is 152 Å². The van der Waals surface area contributed by atoms with Gasteiger partial charge in [-0.05, 0) is 67.4 Å². The minimum atomic E-state index is -0.784. The van der Waals surface area contributed by atoms with Gasteiger partial charge in [-0.2, -0.15) is 0 Å². The van der Waals surface area contributed by atoms with E-state index in [-0.39, 0.29) is 26.2 Å². The molecule has 0 fully saturated rings. The highest BCUT2D eigenvalue weighted by atomic mass is 16.5. The summed E-state index contributed by atoms with van der Waals surface area (Å²) in [5.74, 6) is 1.17. The number of rotatable bonds is 25. The van der Waals surface area contributed by atoms with E-state index >= 15 is 0 Å². The van der Waals surface area contributed by atoms with Crippen molar-refractivity contribution in [2.75, 3.05) is 33.0 Å². The molecule has 6 aromatic heterocycles. The summed E-state index contributed by atoms with van der Waals surface area (Å²) >= 11 is 0. The van der Waals surface area contributed by atoms with E-state index in [4.69, 9.17) is 24.1 Å². The molecule has 0 saturated carbocycles. The Hall–Kier alpha value is -6.27. The van der Waals surface area contributed by atoms with Crippen molar-refractivity contribution in [3.05, 3.63) is 128 Å². The van der Waals surface area contributed by atoms with Crippen LogP contribution in [0.1, 0.15) is 57.8 Å². The molecule has 1 N–H and O–H groups in total. The maximum atomic E-state index is 10.8. The summed E-state index contributed by atoms with van der Waals surface area (Å²) in [6, 6.07) is 28.3. The summed E-state index contributed by atoms with van der Waals surface area (Å²) in [5, 5.41) is 8.86. The number of hydrogen-bond donors (Lipinski definition) is 1. The van der Waals surface area contributed by atoms with E-state index in [2.05, 4.69) is 29.9 Å². The number of unbranched alkanes of at least 4 members (excludes halogenated alkanes) is 7. The zero-order valence-electron chi connectivity index (χ0n) is 32.7. The van der Waals surface area contributed by atoms with Crippen LogP contribution in [-0.2, 0) is 9.53 Å². The van der Waals surface area contributed by atoms with E-state index < -0.39 is 11.4 Å². The van der Waals surface area contributed by atoms with Gasteiger partial charge in [-0.25, -0.2) is 0 Å². The van der Waals surface area contributed by atoms with Gasteiger partial charge < -0.3 is 24.1 Å². The van der Waals surface area contributed by atoms with Crippen LogP contribution >= 0.6 is 0 Å². The second-order valence-electron chi connectivity index (χ2n) is 14.2. The van der Waals surface area contributed by atoms with Crippen LogP contribution in [-0.4, -0.2) is 74.0 Å². The van der Waals surface area contributed by atoms with E-state index in [1.165, 1.54) is 0 Å². The van der Waals surface area contributed by atoms with Gasteiger partial charge in [0.15, 0.2) is 0 Å². The van der Waals surface area contributed by atoms with Crippen molar-refractivity contribution >= 4 is 5.97 Å². The van der Waals surface area contributed by atoms with Crippen LogP contribution in [0.5, 0.6) is 17.2 Å². The van der Waals surface area contributed by atoms with Gasteiger partial charge in [-0.1, -0.05) is 56.7 Å². The first-order valence-electron chi connectivity index (χ1n) is 19.9. The molecule has 12 heteroatoms. The summed E-state index contributed by atoms with van der Waals surface area (Å²) in [7, 11) is 0. The van der Waals surface area contributed by atoms with Crippen LogP contribution in [0.25, 0.3) is 34.2 Å². The lowest BCUT2D eigenvalue weighted by Crippen LogP contribution is -2.44. The van der Waals surface area contributed by atoms with Crippen LogP contribution in [0.2, 0.25) is 0 Å². The SMILES string of the molecule is O=C(O)CCCCCCCCCCOCC(COc1ccnc(-c2ccccn2)c1)(COc1ccnc(-c2ccccn2)c1)COc1ccnc(-c2ccccn2)c1. The molecule has 0 unspecified atom stereocenters. The van der Waals surface area contributed by atoms with E-state index in [0.29, 0.717) is 47.5 Å². The monoisotopic (exact) mass is 782 g/mol. The number of pyridine rings is 6. The van der Waals surface area contributed by atoms with E-state index in [0.717, 1.165) is 68.4 Å². The second-order valence-corrected chi connectivity index (χ2v) is 14.2. The number of carbonyl (C=O) groups is 1. The minimum Gasteiger partial charge on any atom is -0.493 e. The van der Waals surface area contributed by atoms with Crippen molar-refractivity contribution in [1.29, 1.82) is 0 Å². The fourth-order valence-electron chi connectivity index (χ4n) is 6.25. The molecule has 0 amide bonds. The second kappa shape index (κ2) is 22.5. The number of carboxylic acid groups (broad SMARTS) is 1. The van der Waals surface area contributed by atoms with Gasteiger partial charge in [-0.15, -0.1) is 0 Å². The number of ether oxygens (including phenoxy) is 4. The molecule has 6 aromatic rings. The Labute approximate surface area is 339 Å². The van der Waals surface area contributed by atoms with E-state index in [1.54, 1.807) is 37.2 Å². The molecule has 6 heterocycles. The average molecular weight is 783 g/mol. The third-order valence-corrected chi connectivity index (χ3v) is 9.45. The maximum Gasteiger partial charge on any atom is 0.303 e. The molecule has 6 rings (SSSR count). The highest BCUT2D eigenvalue weighted by Gasteiger charge is 2.35. The molecule has 0 aromatic carbocycles. The number of aromatic nitrogens is 6. The highest BCUT2D eigenvalue weighted by Crippen LogP contribution is 2.29. The first-order chi connectivity index (χ1) is 28.6. The lowest BCUT2D eigenvalue weighted by atomic mass is 9.92. The number of aliphatic carboxylic acids is 1. The van der Waals surface area contributed by atoms with Crippen LogP contribution in [0.4, 0.5) is 0 Å². The predicted octanol–water partition coefficient (Wildman–Crippen LogP) is 9.19. The molecule has 0 spiro atoms. The molecule has 0 aliphatic rings. The molecule has 0 atom stereocenters. The molecule has 0 saturated heterocycles. The standard InChI is InChI=1S/C46H50N6O6/c53-45(54)18-7-5-3-1-2-4-6-14-28-55-32-46(33-56-36-19-25-50-42(29-36)39-15-8-11-22-47-39,34-57-37-20-26-51-43(30-37)40-16-9-12-23-48-40)35-58-38-21-27-52-44(31-38)41-17-10-13-24-49-41/h8-13,15-17,19-27,29-31H,1-7,14,18,28,32-35H2,(H,53,54). The van der Waals surface area contributed by atoms with Crippen molar-refractivity contribution in [3.63, 3.8) is 0 Å². The third kappa shape index (κ3) is 13.4. The van der Waals surface area contributed by atoms with Crippen molar-refractivity contribution in [1.82, 2.24) is 29.9 Å². The summed E-state index contributed by atoms with van der Waals surface area (Å²) < 4.78 is 26.2. The molecule has 0 aliphatic heterocycles. The van der Waals surface area contributed by atoms with Crippen LogP contribution in [0.3, 0.4) is 0 Å². The Balaban J connectivity index is 1.18. The van der Waals surface area contributed by atoms with Crippen LogP contribution in [0, 0.1) is 5.41 Å². The third-order valence-electron chi connectivity index (χ3n) is 9.45. The van der Waals surface area contributed by atoms with Crippen molar-refractivity contribution < 1.29 is 28.8 Å². The molecule has 12 nitrogen and oxygen atoms in total. The van der Waals surface area contributed by atoms with E-state index in [1.807, 2.05) is 91.0 Å². The van der Waals surface area contributed by atoms with Gasteiger partial charge in [0.1, 0.15) is 37.1 Å². The Kier molecular flexibility index (Phi) is 16.0. The van der Waals surface area contributed by atoms with Crippen LogP contribution in [0.15, 0.2) is 128 Å². The number of nitrogens with zero attached hydrogens (tertiary/aromatic N) is 6. The Morgan fingerprint density at radius 2 is 0.828 bits per heavy atom. The smallest absolute Gasteiger partial charge is 0.303 e. The van der Waals surface area contributed by atoms with Gasteiger partial charge in [0.05, 0.1) is 46.2 Å². The normalized spacial score (nSPS) is 11.2. The zero-order valence-corrected chi connectivity index (χ0v) is 32.7. The maximum absolute atomic E-state index is 10.8. The summed E-state index contributed by atoms with van der Waals surface area (Å²) in [6.45, 7) is 1.48. The zero-order chi connectivity index (χ0) is 40.1. The summed E-state index contributed by atoms with van der Waals surface area (Å²) in [6.07, 6.45) is 18.7. The number of hydrogen-bond acceptors (Lipinski definition) is 11. The molecule has 0 aliphatic carbocycles. The Morgan fingerprint density at radius 3 is 1.21 bits per heavy atom. The average Bonchev–Trinajstić information content (AvgIpc) is 3.28. The van der Waals surface area contributed by atoms with Crippen molar-refractivity contribution in [2.24, 2.45) is 5.41 Å². The molecule has 58 heavy (non-hydrogen) atoms. The Bertz CT molecular complexity index is 1900. The van der Waals surface area contributed by atoms with Gasteiger partial charge in [0.25, 0.3) is 0 Å². The summed E-state index contributed by atoms with van der Waals surface area (Å²) in [5.41, 5.74) is 3.55. The fraction of sp³-hybridized carbons (Fsp3) is 0.326. The molecular weight excluding hydrogens is 733 g/mol. The molecule has 0 radical (unpaired) electrons. The fourth-order valence-corrected chi connectivity index (χ4v) is 6.25. The van der Waals surface area contributed by atoms with Gasteiger partial charge >= 0.3 is 5.97 Å². The van der Waals surface area contributed by atoms with Gasteiger partial charge in [0, 0.05) is 68.4 Å². The molecular formula is C46H50N6O6. The summed E-state index contributed by atoms with van der Waals surface area (Å²) in [4.78, 5) is 37.7. The number of carboxylic acids is 1. The van der Waals surface area contributed by atoms with E-state index in [9.17, 15) is 4.79 Å². The largest absolute Gasteiger partial charge is 0.493 e. The molecule has 300 valence electrons. The quantitative estimate of drug-likeness (QED) is 0.0551. The van der Waals surface area contributed by atoms with Crippen molar-refractivity contribution in [2.45, 2.75) is 57.8 Å². The first-order valence-corrected chi connectivity index (χ1v) is 19.9. The minimum absolute atomic E-state index is 0.205. The lowest BCUT2D eigenvalue weighted by Gasteiger charge is -2.33. The predicted molar refractivity (Wildman–Crippen MR) is 221 cm³/mol. The lowest BCUT2D eigenvalue weighted by molar-refractivity contribution is -0.137. The van der Waals surface area contributed by atoms with Crippen LogP contribution < -0.4 is 14.2 Å². The molecule has 0 bridgehead atoms. The Morgan fingerprint density at radius 1 is 0.448 bits per heavy atom. The van der Waals surface area contributed by atoms with Gasteiger partial charge in [-0.3, -0.25) is 34.7 Å². The van der Waals surface area contributed by atoms with Crippen molar-refractivity contribution in [3.8, 4) is 51.4 Å². The highest BCUT2D eigenvalue weighted by molar-refractivity contribution is 5.66. The van der Waals surface area contributed by atoms with Gasteiger partial charge in [0.2, 0.25) is 0 Å². The first kappa shape index (κ1) is 41.4.